The smallest absolute Gasteiger partial charge is 0.171 e. The van der Waals surface area contributed by atoms with E-state index >= 15 is 0 Å². The SMILES string of the molecule is O=P(c1ccccc1)(c1ccccc1)c1cccc(-c2cnc(-c3cccc(-c4ccc5ccc6ccc(-c7ccccc7)nc6c5n4)c3)nc2)c1. The maximum atomic E-state index is 15.0. The van der Waals surface area contributed by atoms with Crippen LogP contribution in [-0.2, 0) is 4.57 Å². The zero-order valence-electron chi connectivity index (χ0n) is 28.0. The highest BCUT2D eigenvalue weighted by Crippen LogP contribution is 2.43. The van der Waals surface area contributed by atoms with Crippen LogP contribution in [0.5, 0.6) is 0 Å². The monoisotopic (exact) mass is 686 g/mol. The third-order valence-electron chi connectivity index (χ3n) is 9.44. The van der Waals surface area contributed by atoms with E-state index in [1.54, 1.807) is 0 Å². The molecule has 0 atom stereocenters. The summed E-state index contributed by atoms with van der Waals surface area (Å²) in [7, 11) is -3.11. The van der Waals surface area contributed by atoms with Crippen LogP contribution in [0.2, 0.25) is 0 Å². The van der Waals surface area contributed by atoms with Gasteiger partial charge in [0.05, 0.1) is 22.4 Å². The van der Waals surface area contributed by atoms with Crippen LogP contribution < -0.4 is 15.9 Å². The van der Waals surface area contributed by atoms with Crippen molar-refractivity contribution in [3.05, 3.63) is 188 Å². The van der Waals surface area contributed by atoms with Gasteiger partial charge in [-0.3, -0.25) is 0 Å². The number of pyridine rings is 2. The Morgan fingerprint density at radius 2 is 0.827 bits per heavy atom. The molecule has 0 aliphatic rings. The van der Waals surface area contributed by atoms with Crippen molar-refractivity contribution in [3.8, 4) is 45.0 Å². The topological polar surface area (TPSA) is 68.6 Å². The van der Waals surface area contributed by atoms with Crippen LogP contribution >= 0.6 is 7.14 Å². The molecule has 3 aromatic heterocycles. The highest BCUT2D eigenvalue weighted by Gasteiger charge is 2.29. The lowest BCUT2D eigenvalue weighted by Crippen LogP contribution is -2.25. The Labute approximate surface area is 301 Å². The molecule has 0 unspecified atom stereocenters. The molecule has 246 valence electrons. The zero-order chi connectivity index (χ0) is 34.9. The van der Waals surface area contributed by atoms with Crippen LogP contribution in [0.15, 0.2) is 188 Å². The van der Waals surface area contributed by atoms with Crippen LogP contribution in [0, 0.1) is 0 Å². The number of fused-ring (bicyclic) bond motifs is 3. The van der Waals surface area contributed by atoms with Crippen LogP contribution in [0.1, 0.15) is 0 Å². The van der Waals surface area contributed by atoms with E-state index in [4.69, 9.17) is 19.9 Å². The highest BCUT2D eigenvalue weighted by atomic mass is 31.2. The van der Waals surface area contributed by atoms with Gasteiger partial charge in [0.1, 0.15) is 0 Å². The van der Waals surface area contributed by atoms with Gasteiger partial charge in [0.2, 0.25) is 0 Å². The molecule has 9 aromatic rings. The first-order valence-electron chi connectivity index (χ1n) is 17.1. The summed E-state index contributed by atoms with van der Waals surface area (Å²) in [6.07, 6.45) is 3.67. The number of aromatic nitrogens is 4. The number of hydrogen-bond donors (Lipinski definition) is 0. The molecule has 0 saturated carbocycles. The molecule has 0 aliphatic heterocycles. The third kappa shape index (κ3) is 5.77. The van der Waals surface area contributed by atoms with Gasteiger partial charge in [0, 0.05) is 61.3 Å². The number of hydrogen-bond acceptors (Lipinski definition) is 5. The molecule has 0 bridgehead atoms. The molecule has 0 saturated heterocycles. The van der Waals surface area contributed by atoms with Crippen LogP contribution in [0.3, 0.4) is 0 Å². The van der Waals surface area contributed by atoms with E-state index in [9.17, 15) is 4.57 Å². The molecule has 0 N–H and O–H groups in total. The second-order valence-corrected chi connectivity index (χ2v) is 15.4. The predicted molar refractivity (Wildman–Crippen MR) is 214 cm³/mol. The van der Waals surface area contributed by atoms with Crippen molar-refractivity contribution in [2.24, 2.45) is 0 Å². The van der Waals surface area contributed by atoms with Crippen molar-refractivity contribution < 1.29 is 4.57 Å². The number of benzene rings is 6. The summed E-state index contributed by atoms with van der Waals surface area (Å²) in [5.74, 6) is 0.612. The molecular weight excluding hydrogens is 656 g/mol. The van der Waals surface area contributed by atoms with Crippen LogP contribution in [-0.4, -0.2) is 19.9 Å². The molecule has 0 fully saturated rings. The Kier molecular flexibility index (Phi) is 8.04. The summed E-state index contributed by atoms with van der Waals surface area (Å²) < 4.78 is 15.0. The summed E-state index contributed by atoms with van der Waals surface area (Å²) in [6, 6.07) is 58.3. The fraction of sp³-hybridized carbons (Fsp3) is 0. The molecule has 6 heteroatoms. The van der Waals surface area contributed by atoms with E-state index < -0.39 is 7.14 Å². The first kappa shape index (κ1) is 31.4. The second kappa shape index (κ2) is 13.3. The Hall–Kier alpha value is -6.55. The maximum Gasteiger partial charge on any atom is 0.171 e. The second-order valence-electron chi connectivity index (χ2n) is 12.7. The Morgan fingerprint density at radius 3 is 1.44 bits per heavy atom. The first-order valence-corrected chi connectivity index (χ1v) is 18.9. The normalized spacial score (nSPS) is 11.5. The lowest BCUT2D eigenvalue weighted by Gasteiger charge is -2.20. The van der Waals surface area contributed by atoms with Crippen molar-refractivity contribution in [2.75, 3.05) is 0 Å². The van der Waals surface area contributed by atoms with Crippen molar-refractivity contribution in [1.82, 2.24) is 19.9 Å². The third-order valence-corrected chi connectivity index (χ3v) is 12.5. The molecule has 9 rings (SSSR count). The van der Waals surface area contributed by atoms with E-state index in [2.05, 4.69) is 60.7 Å². The van der Waals surface area contributed by atoms with Crippen LogP contribution in [0.25, 0.3) is 66.8 Å². The van der Waals surface area contributed by atoms with Gasteiger partial charge < -0.3 is 4.57 Å². The van der Waals surface area contributed by atoms with Gasteiger partial charge in [-0.1, -0.05) is 152 Å². The van der Waals surface area contributed by atoms with Crippen molar-refractivity contribution >= 4 is 44.9 Å². The maximum absolute atomic E-state index is 15.0. The van der Waals surface area contributed by atoms with E-state index in [-0.39, 0.29) is 0 Å². The fourth-order valence-corrected chi connectivity index (χ4v) is 9.44. The quantitative estimate of drug-likeness (QED) is 0.123. The van der Waals surface area contributed by atoms with Crippen LogP contribution in [0.4, 0.5) is 0 Å². The Bertz CT molecular complexity index is 2710. The molecule has 0 amide bonds. The molecule has 5 nitrogen and oxygen atoms in total. The molecule has 0 spiro atoms. The van der Waals surface area contributed by atoms with Crippen molar-refractivity contribution in [3.63, 3.8) is 0 Å². The molecular formula is C46H31N4OP. The van der Waals surface area contributed by atoms with Gasteiger partial charge >= 0.3 is 0 Å². The minimum Gasteiger partial charge on any atom is -0.309 e. The van der Waals surface area contributed by atoms with E-state index in [0.29, 0.717) is 5.82 Å². The van der Waals surface area contributed by atoms with E-state index in [1.165, 1.54) is 0 Å². The minimum absolute atomic E-state index is 0.612. The van der Waals surface area contributed by atoms with Gasteiger partial charge in [-0.05, 0) is 29.8 Å². The van der Waals surface area contributed by atoms with Gasteiger partial charge in [0.15, 0.2) is 13.0 Å². The average molecular weight is 687 g/mol. The number of rotatable bonds is 7. The first-order chi connectivity index (χ1) is 25.6. The lowest BCUT2D eigenvalue weighted by atomic mass is 10.0. The summed E-state index contributed by atoms with van der Waals surface area (Å²) >= 11 is 0. The Morgan fingerprint density at radius 1 is 0.365 bits per heavy atom. The molecule has 0 aliphatic carbocycles. The van der Waals surface area contributed by atoms with Gasteiger partial charge in [-0.15, -0.1) is 0 Å². The van der Waals surface area contributed by atoms with Gasteiger partial charge in [0.25, 0.3) is 0 Å². The van der Waals surface area contributed by atoms with Gasteiger partial charge in [-0.2, -0.15) is 0 Å². The predicted octanol–water partition coefficient (Wildman–Crippen LogP) is 9.88. The number of nitrogens with zero attached hydrogens (tertiary/aromatic N) is 4. The Balaban J connectivity index is 1.04. The fourth-order valence-electron chi connectivity index (χ4n) is 6.75. The molecule has 3 heterocycles. The van der Waals surface area contributed by atoms with Crippen molar-refractivity contribution in [1.29, 1.82) is 0 Å². The van der Waals surface area contributed by atoms with E-state index in [1.807, 2.05) is 128 Å². The summed E-state index contributed by atoms with van der Waals surface area (Å²) in [6.45, 7) is 0. The van der Waals surface area contributed by atoms with E-state index in [0.717, 1.165) is 76.9 Å². The summed E-state index contributed by atoms with van der Waals surface area (Å²) in [4.78, 5) is 19.8. The lowest BCUT2D eigenvalue weighted by molar-refractivity contribution is 0.592. The highest BCUT2D eigenvalue weighted by molar-refractivity contribution is 7.85. The standard InChI is InChI=1S/C46H31N4OP/c51-52(39-17-6-2-7-18-39,40-19-8-3-9-20-40)41-21-11-14-35(29-41)38-30-47-46(48-31-38)37-16-10-15-36(28-37)43-27-25-34-23-22-33-24-26-42(32-12-4-1-5-13-32)49-44(33)45(34)50-43/h1-31H. The molecule has 6 aromatic carbocycles. The summed E-state index contributed by atoms with van der Waals surface area (Å²) in [5.41, 5.74) is 8.19. The molecule has 52 heavy (non-hydrogen) atoms. The summed E-state index contributed by atoms with van der Waals surface area (Å²) in [5, 5.41) is 4.45. The minimum atomic E-state index is -3.11. The molecule has 0 radical (unpaired) electrons. The largest absolute Gasteiger partial charge is 0.309 e. The average Bonchev–Trinajstić information content (AvgIpc) is 3.24. The van der Waals surface area contributed by atoms with Crippen molar-refractivity contribution in [2.45, 2.75) is 0 Å². The zero-order valence-corrected chi connectivity index (χ0v) is 28.9. The van der Waals surface area contributed by atoms with Gasteiger partial charge in [-0.25, -0.2) is 19.9 Å².